The van der Waals surface area contributed by atoms with Gasteiger partial charge >= 0.3 is 12.4 Å². The number of aromatic nitrogens is 3. The molecule has 0 spiro atoms. The fourth-order valence-corrected chi connectivity index (χ4v) is 5.94. The van der Waals surface area contributed by atoms with Gasteiger partial charge in [0, 0.05) is 36.5 Å². The van der Waals surface area contributed by atoms with Gasteiger partial charge in [0.2, 0.25) is 11.8 Å². The first kappa shape index (κ1) is 38.5. The lowest BCUT2D eigenvalue weighted by Crippen LogP contribution is -2.09. The summed E-state index contributed by atoms with van der Waals surface area (Å²) in [4.78, 5) is 21.5. The minimum Gasteiger partial charge on any atom is -0.496 e. The van der Waals surface area contributed by atoms with Crippen LogP contribution in [0.4, 0.5) is 32.0 Å². The minimum atomic E-state index is -4.78. The Kier molecular flexibility index (Phi) is 12.1. The first-order chi connectivity index (χ1) is 23.5. The van der Waals surface area contributed by atoms with Crippen molar-refractivity contribution < 1.29 is 50.2 Å². The summed E-state index contributed by atoms with van der Waals surface area (Å²) in [6.07, 6.45) is -3.32. The molecule has 0 saturated heterocycles. The molecule has 0 unspecified atom stereocenters. The van der Waals surface area contributed by atoms with Crippen LogP contribution in [0.1, 0.15) is 22.3 Å². The second kappa shape index (κ2) is 15.7. The Hall–Kier alpha value is -4.34. The Balaban J connectivity index is 0.000000225. The van der Waals surface area contributed by atoms with Gasteiger partial charge in [-0.2, -0.15) is 26.3 Å². The highest BCUT2D eigenvalue weighted by molar-refractivity contribution is 14.1. The number of pyridine rings is 2. The maximum Gasteiger partial charge on any atom is 0.420 e. The van der Waals surface area contributed by atoms with E-state index < -0.39 is 39.8 Å². The van der Waals surface area contributed by atoms with Crippen molar-refractivity contribution in [2.75, 3.05) is 28.4 Å². The summed E-state index contributed by atoms with van der Waals surface area (Å²) in [5.74, 6) is -0.0323. The van der Waals surface area contributed by atoms with Crippen LogP contribution in [0.5, 0.6) is 23.3 Å². The molecule has 0 aliphatic rings. The zero-order chi connectivity index (χ0) is 37.0. The van der Waals surface area contributed by atoms with Crippen molar-refractivity contribution in [3.8, 4) is 34.5 Å². The molecule has 3 heterocycles. The van der Waals surface area contributed by atoms with Crippen molar-refractivity contribution in [1.29, 1.82) is 0 Å². The maximum absolute atomic E-state index is 13.2. The largest absolute Gasteiger partial charge is 0.496 e. The molecule has 1 N–H and O–H groups in total. The van der Waals surface area contributed by atoms with Crippen LogP contribution in [-0.2, 0) is 12.4 Å². The summed E-state index contributed by atoms with van der Waals surface area (Å²) in [6, 6.07) is 9.11. The molecule has 0 bridgehead atoms. The minimum absolute atomic E-state index is 0.0402. The van der Waals surface area contributed by atoms with Crippen molar-refractivity contribution in [3.63, 3.8) is 0 Å². The Morgan fingerprint density at radius 1 is 0.760 bits per heavy atom. The number of hydrogen-bond donors (Lipinski definition) is 1. The lowest BCUT2D eigenvalue weighted by Gasteiger charge is -2.13. The first-order valence-electron chi connectivity index (χ1n) is 13.8. The lowest BCUT2D eigenvalue weighted by atomic mass is 10.1. The molecule has 0 radical (unpaired) electrons. The van der Waals surface area contributed by atoms with E-state index in [1.54, 1.807) is 24.4 Å². The highest BCUT2D eigenvalue weighted by atomic mass is 127. The number of fused-ring (bicyclic) bond motifs is 1. The van der Waals surface area contributed by atoms with E-state index in [-0.39, 0.29) is 17.2 Å². The predicted molar refractivity (Wildman–Crippen MR) is 189 cm³/mol. The summed E-state index contributed by atoms with van der Waals surface area (Å²) in [7, 11) is 5.20. The van der Waals surface area contributed by atoms with Gasteiger partial charge in [-0.05, 0) is 93.7 Å². The molecule has 0 saturated carbocycles. The van der Waals surface area contributed by atoms with Crippen LogP contribution in [0.25, 0.3) is 34.3 Å². The van der Waals surface area contributed by atoms with E-state index in [0.717, 1.165) is 26.4 Å². The summed E-state index contributed by atoms with van der Waals surface area (Å²) in [6.45, 7) is 0. The van der Waals surface area contributed by atoms with E-state index >= 15 is 0 Å². The topological polar surface area (TPSA) is 122 Å². The number of alkyl halides is 6. The van der Waals surface area contributed by atoms with Crippen LogP contribution in [0, 0.1) is 17.3 Å². The number of methoxy groups -OCH3 is 4. The maximum atomic E-state index is 13.2. The number of rotatable bonds is 8. The molecule has 5 rings (SSSR count). The number of hydrogen-bond acceptors (Lipinski definition) is 8. The molecule has 264 valence electrons. The first-order valence-corrected chi connectivity index (χ1v) is 16.0. The molecule has 0 aliphatic carbocycles. The van der Waals surface area contributed by atoms with Crippen molar-refractivity contribution >= 4 is 73.9 Å². The van der Waals surface area contributed by atoms with E-state index in [9.17, 15) is 36.5 Å². The molecule has 0 atom stereocenters. The van der Waals surface area contributed by atoms with E-state index in [0.29, 0.717) is 39.7 Å². The molecular weight excluding hydrogens is 904 g/mol. The molecule has 5 aromatic rings. The Bertz CT molecular complexity index is 2070. The quantitative estimate of drug-likeness (QED) is 0.0707. The molecule has 50 heavy (non-hydrogen) atoms. The number of nitrogens with one attached hydrogen (secondary N) is 1. The van der Waals surface area contributed by atoms with Gasteiger partial charge in [0.25, 0.3) is 5.69 Å². The number of ether oxygens (including phenoxy) is 4. The van der Waals surface area contributed by atoms with Crippen molar-refractivity contribution in [1.82, 2.24) is 15.0 Å². The predicted octanol–water partition coefficient (Wildman–Crippen LogP) is 9.67. The van der Waals surface area contributed by atoms with Gasteiger partial charge in [0.05, 0.1) is 61.3 Å². The normalized spacial score (nSPS) is 11.7. The highest BCUT2D eigenvalue weighted by Crippen LogP contribution is 2.42. The average Bonchev–Trinajstić information content (AvgIpc) is 3.48. The zero-order valence-corrected chi connectivity index (χ0v) is 30.5. The fourth-order valence-electron chi connectivity index (χ4n) is 4.69. The number of nitrogens with zero attached hydrogens (tertiary/aromatic N) is 3. The third kappa shape index (κ3) is 8.50. The molecule has 10 nitrogen and oxygen atoms in total. The van der Waals surface area contributed by atoms with Crippen LogP contribution in [0.15, 0.2) is 54.9 Å². The van der Waals surface area contributed by atoms with E-state index in [2.05, 4.69) is 37.5 Å². The summed E-state index contributed by atoms with van der Waals surface area (Å²) < 4.78 is 100. The number of halogens is 8. The van der Waals surface area contributed by atoms with E-state index in [4.69, 9.17) is 18.9 Å². The molecular formula is C32H24F6I2N4O6. The van der Waals surface area contributed by atoms with Crippen LogP contribution in [0.2, 0.25) is 0 Å². The summed E-state index contributed by atoms with van der Waals surface area (Å²) in [5, 5.41) is 11.8. The van der Waals surface area contributed by atoms with Crippen LogP contribution in [-0.4, -0.2) is 48.3 Å². The fraction of sp³-hybridized carbons (Fsp3) is 0.188. The van der Waals surface area contributed by atoms with Crippen molar-refractivity contribution in [2.24, 2.45) is 0 Å². The van der Waals surface area contributed by atoms with Crippen LogP contribution >= 0.6 is 45.2 Å². The smallest absolute Gasteiger partial charge is 0.420 e. The van der Waals surface area contributed by atoms with Crippen molar-refractivity contribution in [2.45, 2.75) is 12.4 Å². The van der Waals surface area contributed by atoms with Gasteiger partial charge in [0.1, 0.15) is 17.1 Å². The molecule has 2 aromatic carbocycles. The molecule has 18 heteroatoms. The second-order valence-electron chi connectivity index (χ2n) is 9.91. The molecule has 0 fully saturated rings. The monoisotopic (exact) mass is 928 g/mol. The Labute approximate surface area is 307 Å². The summed E-state index contributed by atoms with van der Waals surface area (Å²) in [5.41, 5.74) is -0.529. The number of benzene rings is 2. The molecule has 0 amide bonds. The van der Waals surface area contributed by atoms with Crippen molar-refractivity contribution in [3.05, 3.63) is 94.4 Å². The molecule has 0 aliphatic heterocycles. The Morgan fingerprint density at radius 3 is 1.88 bits per heavy atom. The van der Waals surface area contributed by atoms with Gasteiger partial charge in [-0.15, -0.1) is 0 Å². The number of aromatic amines is 1. The third-order valence-corrected chi connectivity index (χ3v) is 8.79. The highest BCUT2D eigenvalue weighted by Gasteiger charge is 2.37. The second-order valence-corrected chi connectivity index (χ2v) is 12.2. The van der Waals surface area contributed by atoms with Crippen LogP contribution < -0.4 is 18.9 Å². The average molecular weight is 928 g/mol. The summed E-state index contributed by atoms with van der Waals surface area (Å²) >= 11 is 4.15. The molecule has 3 aromatic heterocycles. The number of H-pyrrole nitrogens is 1. The van der Waals surface area contributed by atoms with E-state index in [1.807, 2.05) is 22.6 Å². The van der Waals surface area contributed by atoms with Gasteiger partial charge < -0.3 is 23.9 Å². The van der Waals surface area contributed by atoms with Gasteiger partial charge in [-0.25, -0.2) is 9.97 Å². The van der Waals surface area contributed by atoms with Gasteiger partial charge in [-0.1, -0.05) is 0 Å². The Morgan fingerprint density at radius 2 is 1.32 bits per heavy atom. The number of nitro benzene ring substituents is 1. The SMILES string of the molecule is COc1cc(C=Cc2c(I)ccnc2OC)c([N+](=O)[O-])cc1C(F)(F)F.COc1cc2cc(-c3c(I)ccnc3OC)[nH]c2cc1C(F)(F)F. The standard InChI is InChI=1S/C16H12F3IN2O4.C16H12F3IN2O2/c1-25-14-7-9(13(22(23)24)8-11(14)16(17,18)19)3-4-10-12(20)5-6-21-15(10)26-2;1-23-13-6-8-5-12(14-10(20)3-4-21-15(14)24-2)22-11(8)7-9(13)16(17,18)19/h3-8H,1-2H3;3-7,22H,1-2H3. The van der Waals surface area contributed by atoms with E-state index in [1.165, 1.54) is 45.7 Å². The van der Waals surface area contributed by atoms with Gasteiger partial charge in [0.15, 0.2) is 0 Å². The lowest BCUT2D eigenvalue weighted by molar-refractivity contribution is -0.385. The van der Waals surface area contributed by atoms with Crippen LogP contribution in [0.3, 0.4) is 0 Å². The zero-order valence-electron chi connectivity index (χ0n) is 26.2. The third-order valence-electron chi connectivity index (χ3n) is 6.95. The number of nitro groups is 1. The van der Waals surface area contributed by atoms with Gasteiger partial charge in [-0.3, -0.25) is 10.1 Å².